The minimum Gasteiger partial charge on any atom is -0.486 e. The lowest BCUT2D eigenvalue weighted by Crippen LogP contribution is -2.25. The highest BCUT2D eigenvalue weighted by Gasteiger charge is 2.15. The quantitative estimate of drug-likeness (QED) is 0.783. The Hall–Kier alpha value is -3.35. The first-order valence-electron chi connectivity index (χ1n) is 8.16. The fourth-order valence-electron chi connectivity index (χ4n) is 2.74. The molecule has 7 heteroatoms. The minimum absolute atomic E-state index is 0.276. The normalized spacial score (nSPS) is 12.7. The molecule has 2 aromatic carbocycles. The molecule has 0 saturated carbocycles. The molecule has 0 fully saturated rings. The maximum Gasteiger partial charge on any atom is 0.270 e. The van der Waals surface area contributed by atoms with Gasteiger partial charge < -0.3 is 14.8 Å². The number of imidazole rings is 1. The zero-order valence-corrected chi connectivity index (χ0v) is 13.8. The van der Waals surface area contributed by atoms with E-state index in [9.17, 15) is 9.18 Å². The molecule has 1 amide bonds. The Morgan fingerprint density at radius 1 is 1.12 bits per heavy atom. The maximum absolute atomic E-state index is 13.1. The Kier molecular flexibility index (Phi) is 4.27. The van der Waals surface area contributed by atoms with Crippen LogP contribution in [0.5, 0.6) is 11.5 Å². The van der Waals surface area contributed by atoms with Crippen molar-refractivity contribution in [2.45, 2.75) is 6.54 Å². The molecule has 0 atom stereocenters. The van der Waals surface area contributed by atoms with Crippen LogP contribution in [0.1, 0.15) is 16.1 Å². The highest BCUT2D eigenvalue weighted by Crippen LogP contribution is 2.30. The number of amides is 1. The number of carbonyl (C=O) groups is 1. The maximum atomic E-state index is 13.1. The summed E-state index contributed by atoms with van der Waals surface area (Å²) in [7, 11) is 0. The largest absolute Gasteiger partial charge is 0.486 e. The van der Waals surface area contributed by atoms with Crippen LogP contribution < -0.4 is 14.8 Å². The predicted octanol–water partition coefficient (Wildman–Crippen LogP) is 2.71. The molecule has 0 saturated heterocycles. The van der Waals surface area contributed by atoms with Gasteiger partial charge in [0.1, 0.15) is 24.7 Å². The van der Waals surface area contributed by atoms with Gasteiger partial charge in [0, 0.05) is 12.2 Å². The Labute approximate surface area is 149 Å². The number of hydrogen-bond acceptors (Lipinski definition) is 4. The Balaban J connectivity index is 1.48. The van der Waals surface area contributed by atoms with Crippen molar-refractivity contribution in [3.8, 4) is 17.2 Å². The number of rotatable bonds is 4. The molecule has 1 N–H and O–H groups in total. The van der Waals surface area contributed by atoms with Gasteiger partial charge in [-0.1, -0.05) is 6.07 Å². The van der Waals surface area contributed by atoms with Gasteiger partial charge in [-0.05, 0) is 42.0 Å². The summed E-state index contributed by atoms with van der Waals surface area (Å²) in [6.07, 6.45) is 2.99. The van der Waals surface area contributed by atoms with Crippen LogP contribution in [0.3, 0.4) is 0 Å². The second-order valence-electron chi connectivity index (χ2n) is 5.79. The lowest BCUT2D eigenvalue weighted by molar-refractivity contribution is 0.0944. The van der Waals surface area contributed by atoms with E-state index in [0.717, 1.165) is 5.56 Å². The summed E-state index contributed by atoms with van der Waals surface area (Å²) in [6.45, 7) is 1.39. The summed E-state index contributed by atoms with van der Waals surface area (Å²) in [5.74, 6) is 0.778. The van der Waals surface area contributed by atoms with Crippen molar-refractivity contribution in [1.82, 2.24) is 14.9 Å². The molecule has 132 valence electrons. The van der Waals surface area contributed by atoms with Gasteiger partial charge in [0.2, 0.25) is 0 Å². The van der Waals surface area contributed by atoms with E-state index in [4.69, 9.17) is 9.47 Å². The van der Waals surface area contributed by atoms with Crippen molar-refractivity contribution in [3.63, 3.8) is 0 Å². The molecule has 0 aliphatic carbocycles. The van der Waals surface area contributed by atoms with Crippen molar-refractivity contribution in [2.24, 2.45) is 0 Å². The summed E-state index contributed by atoms with van der Waals surface area (Å²) in [6, 6.07) is 11.4. The molecule has 6 nitrogen and oxygen atoms in total. The molecule has 26 heavy (non-hydrogen) atoms. The molecule has 0 radical (unpaired) electrons. The third kappa shape index (κ3) is 3.23. The van der Waals surface area contributed by atoms with E-state index in [2.05, 4.69) is 10.3 Å². The van der Waals surface area contributed by atoms with Gasteiger partial charge in [-0.2, -0.15) is 0 Å². The van der Waals surface area contributed by atoms with E-state index < -0.39 is 0 Å². The number of carbonyl (C=O) groups excluding carboxylic acids is 1. The molecule has 1 aromatic heterocycles. The molecule has 0 unspecified atom stereocenters. The van der Waals surface area contributed by atoms with Crippen LogP contribution in [0.25, 0.3) is 5.69 Å². The Morgan fingerprint density at radius 2 is 1.88 bits per heavy atom. The zero-order valence-electron chi connectivity index (χ0n) is 13.8. The van der Waals surface area contributed by atoms with Crippen LogP contribution in [0.15, 0.2) is 55.0 Å². The third-order valence-electron chi connectivity index (χ3n) is 4.04. The molecule has 0 spiro atoms. The number of aromatic nitrogens is 2. The fourth-order valence-corrected chi connectivity index (χ4v) is 2.74. The molecule has 2 heterocycles. The summed E-state index contributed by atoms with van der Waals surface area (Å²) in [5, 5.41) is 2.86. The predicted molar refractivity (Wildman–Crippen MR) is 92.1 cm³/mol. The van der Waals surface area contributed by atoms with Gasteiger partial charge in [-0.15, -0.1) is 0 Å². The first kappa shape index (κ1) is 16.1. The van der Waals surface area contributed by atoms with Crippen LogP contribution >= 0.6 is 0 Å². The van der Waals surface area contributed by atoms with Crippen LogP contribution in [0.4, 0.5) is 4.39 Å². The average Bonchev–Trinajstić information content (AvgIpc) is 3.16. The molecule has 1 aliphatic heterocycles. The molecule has 1 aliphatic rings. The molecule has 4 rings (SSSR count). The van der Waals surface area contributed by atoms with E-state index in [0.29, 0.717) is 42.6 Å². The van der Waals surface area contributed by atoms with Crippen LogP contribution in [0.2, 0.25) is 0 Å². The second kappa shape index (κ2) is 6.87. The number of nitrogens with zero attached hydrogens (tertiary/aromatic N) is 2. The average molecular weight is 353 g/mol. The van der Waals surface area contributed by atoms with Gasteiger partial charge in [-0.25, -0.2) is 9.37 Å². The summed E-state index contributed by atoms with van der Waals surface area (Å²) in [5.41, 5.74) is 1.93. The lowest BCUT2D eigenvalue weighted by atomic mass is 10.2. The van der Waals surface area contributed by atoms with Crippen molar-refractivity contribution >= 4 is 5.91 Å². The SMILES string of the molecule is O=C(NCc1ccc2c(c1)OCCO2)c1cncn1-c1ccc(F)cc1. The number of ether oxygens (including phenoxy) is 2. The fraction of sp³-hybridized carbons (Fsp3) is 0.158. The van der Waals surface area contributed by atoms with E-state index in [1.165, 1.54) is 24.7 Å². The van der Waals surface area contributed by atoms with Gasteiger partial charge >= 0.3 is 0 Å². The van der Waals surface area contributed by atoms with Gasteiger partial charge in [0.25, 0.3) is 5.91 Å². The standard InChI is InChI=1S/C19H16FN3O3/c20-14-2-4-15(5-3-14)23-12-21-11-16(23)19(24)22-10-13-1-6-17-18(9-13)26-8-7-25-17/h1-6,9,11-12H,7-8,10H2,(H,22,24). The summed E-state index contributed by atoms with van der Waals surface area (Å²) < 4.78 is 25.7. The zero-order chi connectivity index (χ0) is 17.9. The van der Waals surface area contributed by atoms with Crippen LogP contribution in [0, 0.1) is 5.82 Å². The number of benzene rings is 2. The van der Waals surface area contributed by atoms with Crippen molar-refractivity contribution in [2.75, 3.05) is 13.2 Å². The van der Waals surface area contributed by atoms with Gasteiger partial charge in [0.05, 0.1) is 12.5 Å². The third-order valence-corrected chi connectivity index (χ3v) is 4.04. The van der Waals surface area contributed by atoms with Gasteiger partial charge in [0.15, 0.2) is 11.5 Å². The van der Waals surface area contributed by atoms with E-state index in [-0.39, 0.29) is 11.7 Å². The number of nitrogens with one attached hydrogen (secondary N) is 1. The van der Waals surface area contributed by atoms with Crippen LogP contribution in [-0.4, -0.2) is 28.7 Å². The molecular weight excluding hydrogens is 337 g/mol. The van der Waals surface area contributed by atoms with E-state index in [1.54, 1.807) is 16.7 Å². The summed E-state index contributed by atoms with van der Waals surface area (Å²) in [4.78, 5) is 16.6. The van der Waals surface area contributed by atoms with Crippen LogP contribution in [-0.2, 0) is 6.54 Å². The summed E-state index contributed by atoms with van der Waals surface area (Å²) >= 11 is 0. The molecule has 3 aromatic rings. The molecule has 0 bridgehead atoms. The second-order valence-corrected chi connectivity index (χ2v) is 5.79. The number of fused-ring (bicyclic) bond motifs is 1. The first-order chi connectivity index (χ1) is 12.7. The molecular formula is C19H16FN3O3. The highest BCUT2D eigenvalue weighted by atomic mass is 19.1. The van der Waals surface area contributed by atoms with E-state index >= 15 is 0 Å². The minimum atomic E-state index is -0.335. The Morgan fingerprint density at radius 3 is 2.69 bits per heavy atom. The monoisotopic (exact) mass is 353 g/mol. The highest BCUT2D eigenvalue weighted by molar-refractivity contribution is 5.92. The van der Waals surface area contributed by atoms with Crippen molar-refractivity contribution < 1.29 is 18.7 Å². The topological polar surface area (TPSA) is 65.4 Å². The van der Waals surface area contributed by atoms with Gasteiger partial charge in [-0.3, -0.25) is 9.36 Å². The first-order valence-corrected chi connectivity index (χ1v) is 8.16. The Bertz CT molecular complexity index is 937. The lowest BCUT2D eigenvalue weighted by Gasteiger charge is -2.19. The van der Waals surface area contributed by atoms with Crippen molar-refractivity contribution in [3.05, 3.63) is 72.1 Å². The van der Waals surface area contributed by atoms with E-state index in [1.807, 2.05) is 18.2 Å². The number of hydrogen-bond donors (Lipinski definition) is 1. The van der Waals surface area contributed by atoms with Crippen molar-refractivity contribution in [1.29, 1.82) is 0 Å². The smallest absolute Gasteiger partial charge is 0.270 e. The number of halogens is 1.